The standard InChI is InChI=1S/C18H17NO5/c20-16-11-19(9-10-24-16)15-8-4-3-7-14(15)17(21)12-5-1-2-6-13(12)18(22)23/h1-8,16,20H,9-11H2,(H,22,23). The maximum absolute atomic E-state index is 12.9. The Bertz CT molecular complexity index is 774. The average molecular weight is 327 g/mol. The predicted octanol–water partition coefficient (Wildman–Crippen LogP) is 1.77. The second-order valence-electron chi connectivity index (χ2n) is 5.47. The molecule has 24 heavy (non-hydrogen) atoms. The van der Waals surface area contributed by atoms with Gasteiger partial charge in [0.2, 0.25) is 0 Å². The van der Waals surface area contributed by atoms with Crippen molar-refractivity contribution in [2.75, 3.05) is 24.6 Å². The topological polar surface area (TPSA) is 87.1 Å². The van der Waals surface area contributed by atoms with Crippen molar-refractivity contribution in [1.29, 1.82) is 0 Å². The Morgan fingerprint density at radius 3 is 2.29 bits per heavy atom. The lowest BCUT2D eigenvalue weighted by molar-refractivity contribution is -0.104. The van der Waals surface area contributed by atoms with Gasteiger partial charge in [0.05, 0.1) is 18.7 Å². The molecule has 0 radical (unpaired) electrons. The van der Waals surface area contributed by atoms with Gasteiger partial charge in [-0.25, -0.2) is 4.79 Å². The molecule has 0 spiro atoms. The van der Waals surface area contributed by atoms with Crippen LogP contribution in [0, 0.1) is 0 Å². The fraction of sp³-hybridized carbons (Fsp3) is 0.222. The fourth-order valence-corrected chi connectivity index (χ4v) is 2.80. The molecular weight excluding hydrogens is 310 g/mol. The van der Waals surface area contributed by atoms with Crippen LogP contribution in [-0.4, -0.2) is 48.0 Å². The Balaban J connectivity index is 2.01. The molecule has 1 heterocycles. The van der Waals surface area contributed by atoms with Crippen LogP contribution in [0.3, 0.4) is 0 Å². The number of hydrogen-bond donors (Lipinski definition) is 2. The molecule has 6 nitrogen and oxygen atoms in total. The number of ether oxygens (including phenoxy) is 1. The minimum absolute atomic E-state index is 0.0284. The molecule has 1 atom stereocenters. The first-order chi connectivity index (χ1) is 11.6. The quantitative estimate of drug-likeness (QED) is 0.832. The van der Waals surface area contributed by atoms with Crippen molar-refractivity contribution in [1.82, 2.24) is 0 Å². The zero-order chi connectivity index (χ0) is 17.1. The van der Waals surface area contributed by atoms with Crippen molar-refractivity contribution in [2.45, 2.75) is 6.29 Å². The van der Waals surface area contributed by atoms with E-state index in [1.807, 2.05) is 4.90 Å². The smallest absolute Gasteiger partial charge is 0.336 e. The molecule has 1 aliphatic heterocycles. The molecule has 1 saturated heterocycles. The maximum Gasteiger partial charge on any atom is 0.336 e. The number of benzene rings is 2. The van der Waals surface area contributed by atoms with E-state index in [0.717, 1.165) is 0 Å². The maximum atomic E-state index is 12.9. The molecule has 0 bridgehead atoms. The number of ketones is 1. The number of β-amino-alcohol motifs (C(OH)–C–C–N with tert-alkyl or cyclic N) is 1. The van der Waals surface area contributed by atoms with Crippen LogP contribution in [0.25, 0.3) is 0 Å². The highest BCUT2D eigenvalue weighted by Gasteiger charge is 2.24. The van der Waals surface area contributed by atoms with Gasteiger partial charge in [-0.3, -0.25) is 4.79 Å². The number of nitrogens with zero attached hydrogens (tertiary/aromatic N) is 1. The van der Waals surface area contributed by atoms with E-state index in [4.69, 9.17) is 4.74 Å². The summed E-state index contributed by atoms with van der Waals surface area (Å²) in [7, 11) is 0. The van der Waals surface area contributed by atoms with Crippen LogP contribution in [0.1, 0.15) is 26.3 Å². The lowest BCUT2D eigenvalue weighted by Gasteiger charge is -2.33. The van der Waals surface area contributed by atoms with E-state index in [1.54, 1.807) is 36.4 Å². The molecule has 2 aromatic carbocycles. The Morgan fingerprint density at radius 2 is 1.62 bits per heavy atom. The van der Waals surface area contributed by atoms with Crippen LogP contribution < -0.4 is 4.90 Å². The van der Waals surface area contributed by atoms with Gasteiger partial charge in [0.25, 0.3) is 0 Å². The Morgan fingerprint density at radius 1 is 1.00 bits per heavy atom. The van der Waals surface area contributed by atoms with Gasteiger partial charge < -0.3 is 19.8 Å². The van der Waals surface area contributed by atoms with Gasteiger partial charge in [-0.2, -0.15) is 0 Å². The number of carboxylic acid groups (broad SMARTS) is 1. The highest BCUT2D eigenvalue weighted by molar-refractivity contribution is 6.16. The molecule has 0 amide bonds. The molecule has 6 heteroatoms. The van der Waals surface area contributed by atoms with Crippen LogP contribution in [-0.2, 0) is 4.74 Å². The van der Waals surface area contributed by atoms with E-state index in [1.165, 1.54) is 12.1 Å². The molecule has 1 fully saturated rings. The van der Waals surface area contributed by atoms with Gasteiger partial charge in [0.1, 0.15) is 0 Å². The summed E-state index contributed by atoms with van der Waals surface area (Å²) in [6.45, 7) is 1.15. The van der Waals surface area contributed by atoms with Crippen LogP contribution >= 0.6 is 0 Å². The molecular formula is C18H17NO5. The number of hydrogen-bond acceptors (Lipinski definition) is 5. The van der Waals surface area contributed by atoms with Crippen LogP contribution in [0.4, 0.5) is 5.69 Å². The minimum Gasteiger partial charge on any atom is -0.478 e. The lowest BCUT2D eigenvalue weighted by atomic mass is 9.96. The minimum atomic E-state index is -1.14. The van der Waals surface area contributed by atoms with E-state index in [2.05, 4.69) is 0 Å². The predicted molar refractivity (Wildman–Crippen MR) is 87.4 cm³/mol. The second-order valence-corrected chi connectivity index (χ2v) is 5.47. The zero-order valence-corrected chi connectivity index (χ0v) is 12.9. The van der Waals surface area contributed by atoms with E-state index in [0.29, 0.717) is 24.4 Å². The number of rotatable bonds is 4. The number of carbonyl (C=O) groups is 2. The van der Waals surface area contributed by atoms with Gasteiger partial charge in [-0.1, -0.05) is 30.3 Å². The number of carbonyl (C=O) groups excluding carboxylic acids is 1. The lowest BCUT2D eigenvalue weighted by Crippen LogP contribution is -2.43. The SMILES string of the molecule is O=C(O)c1ccccc1C(=O)c1ccccc1N1CCOC(O)C1. The average Bonchev–Trinajstić information content (AvgIpc) is 2.61. The summed E-state index contributed by atoms with van der Waals surface area (Å²) >= 11 is 0. The number of aromatic carboxylic acids is 1. The number of aliphatic hydroxyl groups excluding tert-OH is 1. The molecule has 0 aliphatic carbocycles. The molecule has 0 aromatic heterocycles. The number of aliphatic hydroxyl groups is 1. The van der Waals surface area contributed by atoms with Crippen molar-refractivity contribution < 1.29 is 24.5 Å². The first-order valence-electron chi connectivity index (χ1n) is 7.58. The zero-order valence-electron chi connectivity index (χ0n) is 12.9. The van der Waals surface area contributed by atoms with Gasteiger partial charge in [-0.05, 0) is 18.2 Å². The fourth-order valence-electron chi connectivity index (χ4n) is 2.80. The van der Waals surface area contributed by atoms with E-state index in [9.17, 15) is 19.8 Å². The van der Waals surface area contributed by atoms with Crippen LogP contribution in [0.15, 0.2) is 48.5 Å². The van der Waals surface area contributed by atoms with E-state index >= 15 is 0 Å². The third-order valence-corrected chi connectivity index (χ3v) is 3.94. The molecule has 0 saturated carbocycles. The van der Waals surface area contributed by atoms with Crippen molar-refractivity contribution in [3.63, 3.8) is 0 Å². The number of carboxylic acids is 1. The van der Waals surface area contributed by atoms with E-state index in [-0.39, 0.29) is 23.5 Å². The number of para-hydroxylation sites is 1. The Kier molecular flexibility index (Phi) is 4.59. The first kappa shape index (κ1) is 16.2. The molecule has 2 aromatic rings. The second kappa shape index (κ2) is 6.82. The molecule has 1 aliphatic rings. The summed E-state index contributed by atoms with van der Waals surface area (Å²) in [6, 6.07) is 13.1. The highest BCUT2D eigenvalue weighted by Crippen LogP contribution is 2.26. The van der Waals surface area contributed by atoms with Crippen molar-refractivity contribution in [3.05, 3.63) is 65.2 Å². The Hall–Kier alpha value is -2.70. The number of morpholine rings is 1. The van der Waals surface area contributed by atoms with Crippen molar-refractivity contribution in [2.24, 2.45) is 0 Å². The number of anilines is 1. The largest absolute Gasteiger partial charge is 0.478 e. The molecule has 124 valence electrons. The normalized spacial score (nSPS) is 17.5. The van der Waals surface area contributed by atoms with Crippen molar-refractivity contribution >= 4 is 17.4 Å². The summed E-state index contributed by atoms with van der Waals surface area (Å²) < 4.78 is 5.12. The third kappa shape index (κ3) is 3.15. The third-order valence-electron chi connectivity index (χ3n) is 3.94. The summed E-state index contributed by atoms with van der Waals surface area (Å²) in [6.07, 6.45) is -0.909. The molecule has 2 N–H and O–H groups in total. The Labute approximate surface area is 138 Å². The summed E-state index contributed by atoms with van der Waals surface area (Å²) in [4.78, 5) is 26.2. The first-order valence-corrected chi connectivity index (χ1v) is 7.58. The van der Waals surface area contributed by atoms with Gasteiger partial charge in [0.15, 0.2) is 12.1 Å². The summed E-state index contributed by atoms with van der Waals surface area (Å²) in [5.41, 5.74) is 1.18. The van der Waals surface area contributed by atoms with Crippen LogP contribution in [0.5, 0.6) is 0 Å². The van der Waals surface area contributed by atoms with Crippen LogP contribution in [0.2, 0.25) is 0 Å². The molecule has 1 unspecified atom stereocenters. The van der Waals surface area contributed by atoms with E-state index < -0.39 is 12.3 Å². The summed E-state index contributed by atoms with van der Waals surface area (Å²) in [5, 5.41) is 19.0. The van der Waals surface area contributed by atoms with Gasteiger partial charge in [0, 0.05) is 23.4 Å². The summed E-state index contributed by atoms with van der Waals surface area (Å²) in [5.74, 6) is -1.50. The van der Waals surface area contributed by atoms with Gasteiger partial charge >= 0.3 is 5.97 Å². The molecule has 3 rings (SSSR count). The monoisotopic (exact) mass is 327 g/mol. The highest BCUT2D eigenvalue weighted by atomic mass is 16.6. The van der Waals surface area contributed by atoms with Crippen molar-refractivity contribution in [3.8, 4) is 0 Å². The van der Waals surface area contributed by atoms with Gasteiger partial charge in [-0.15, -0.1) is 0 Å².